The van der Waals surface area contributed by atoms with Gasteiger partial charge in [-0.1, -0.05) is 36.2 Å². The summed E-state index contributed by atoms with van der Waals surface area (Å²) in [4.78, 5) is 0. The SMILES string of the molecule is CCC(C)C1(CBr)CCOC1C1CC1. The van der Waals surface area contributed by atoms with Crippen LogP contribution in [0.3, 0.4) is 0 Å². The van der Waals surface area contributed by atoms with Crippen molar-refractivity contribution in [3.8, 4) is 0 Å². The third-order valence-corrected chi connectivity index (χ3v) is 5.37. The van der Waals surface area contributed by atoms with E-state index >= 15 is 0 Å². The largest absolute Gasteiger partial charge is 0.377 e. The molecule has 3 atom stereocenters. The van der Waals surface area contributed by atoms with Gasteiger partial charge in [0.25, 0.3) is 0 Å². The molecular weight excluding hydrogens is 240 g/mol. The highest BCUT2D eigenvalue weighted by Gasteiger charge is 2.52. The highest BCUT2D eigenvalue weighted by molar-refractivity contribution is 9.09. The van der Waals surface area contributed by atoms with E-state index in [1.165, 1.54) is 25.7 Å². The number of hydrogen-bond acceptors (Lipinski definition) is 1. The number of ether oxygens (including phenoxy) is 1. The van der Waals surface area contributed by atoms with Crippen LogP contribution in [0.2, 0.25) is 0 Å². The number of alkyl halides is 1. The van der Waals surface area contributed by atoms with Crippen molar-refractivity contribution in [2.75, 3.05) is 11.9 Å². The third-order valence-electron chi connectivity index (χ3n) is 4.32. The lowest BCUT2D eigenvalue weighted by molar-refractivity contribution is 0.0159. The average Bonchev–Trinajstić information content (AvgIpc) is 2.97. The summed E-state index contributed by atoms with van der Waals surface area (Å²) in [6, 6.07) is 0. The Kier molecular flexibility index (Phi) is 3.23. The predicted molar refractivity (Wildman–Crippen MR) is 62.8 cm³/mol. The smallest absolute Gasteiger partial charge is 0.0670 e. The lowest BCUT2D eigenvalue weighted by Crippen LogP contribution is -2.40. The molecule has 0 aromatic carbocycles. The Morgan fingerprint density at radius 3 is 2.71 bits per heavy atom. The van der Waals surface area contributed by atoms with Crippen molar-refractivity contribution in [2.24, 2.45) is 17.3 Å². The lowest BCUT2D eigenvalue weighted by Gasteiger charge is -2.38. The fraction of sp³-hybridized carbons (Fsp3) is 1.00. The standard InChI is InChI=1S/C12H21BrO/c1-3-9(2)12(8-13)6-7-14-11(12)10-4-5-10/h9-11H,3-8H2,1-2H3. The number of rotatable bonds is 4. The van der Waals surface area contributed by atoms with Crippen LogP contribution in [-0.4, -0.2) is 18.0 Å². The number of halogens is 1. The second kappa shape index (κ2) is 4.13. The maximum Gasteiger partial charge on any atom is 0.0670 e. The van der Waals surface area contributed by atoms with E-state index in [-0.39, 0.29) is 0 Å². The van der Waals surface area contributed by atoms with E-state index in [1.807, 2.05) is 0 Å². The van der Waals surface area contributed by atoms with Gasteiger partial charge in [0.15, 0.2) is 0 Å². The van der Waals surface area contributed by atoms with Crippen LogP contribution < -0.4 is 0 Å². The molecule has 2 heteroatoms. The molecule has 14 heavy (non-hydrogen) atoms. The van der Waals surface area contributed by atoms with Crippen LogP contribution in [0.15, 0.2) is 0 Å². The monoisotopic (exact) mass is 260 g/mol. The summed E-state index contributed by atoms with van der Waals surface area (Å²) in [5.74, 6) is 1.67. The first-order valence-corrected chi connectivity index (χ1v) is 7.04. The zero-order valence-corrected chi connectivity index (χ0v) is 10.8. The minimum atomic E-state index is 0.440. The normalized spacial score (nSPS) is 40.1. The molecule has 1 saturated carbocycles. The Labute approximate surface area is 95.7 Å². The Balaban J connectivity index is 2.14. The van der Waals surface area contributed by atoms with Crippen LogP contribution in [-0.2, 0) is 4.74 Å². The van der Waals surface area contributed by atoms with Crippen LogP contribution in [0.1, 0.15) is 39.5 Å². The Hall–Kier alpha value is 0.440. The lowest BCUT2D eigenvalue weighted by atomic mass is 9.70. The van der Waals surface area contributed by atoms with Gasteiger partial charge in [-0.05, 0) is 31.1 Å². The van der Waals surface area contributed by atoms with E-state index < -0.39 is 0 Å². The van der Waals surface area contributed by atoms with Gasteiger partial charge in [0.1, 0.15) is 0 Å². The summed E-state index contributed by atoms with van der Waals surface area (Å²) in [6.45, 7) is 5.68. The molecule has 1 aliphatic carbocycles. The molecule has 0 bridgehead atoms. The van der Waals surface area contributed by atoms with Gasteiger partial charge < -0.3 is 4.74 Å². The van der Waals surface area contributed by atoms with Gasteiger partial charge >= 0.3 is 0 Å². The van der Waals surface area contributed by atoms with Crippen molar-refractivity contribution >= 4 is 15.9 Å². The van der Waals surface area contributed by atoms with Crippen molar-refractivity contribution in [1.29, 1.82) is 0 Å². The second-order valence-electron chi connectivity index (χ2n) is 5.05. The number of hydrogen-bond donors (Lipinski definition) is 0. The van der Waals surface area contributed by atoms with Crippen LogP contribution in [0.25, 0.3) is 0 Å². The second-order valence-corrected chi connectivity index (χ2v) is 5.62. The molecule has 1 heterocycles. The van der Waals surface area contributed by atoms with Crippen LogP contribution in [0, 0.1) is 17.3 Å². The van der Waals surface area contributed by atoms with Crippen molar-refractivity contribution < 1.29 is 4.74 Å². The van der Waals surface area contributed by atoms with Crippen molar-refractivity contribution in [1.82, 2.24) is 0 Å². The molecule has 2 rings (SSSR count). The molecule has 0 N–H and O–H groups in total. The predicted octanol–water partition coefficient (Wildman–Crippen LogP) is 3.61. The van der Waals surface area contributed by atoms with Crippen LogP contribution in [0.5, 0.6) is 0 Å². The minimum absolute atomic E-state index is 0.440. The molecule has 3 unspecified atom stereocenters. The zero-order chi connectivity index (χ0) is 10.2. The molecule has 2 fully saturated rings. The topological polar surface area (TPSA) is 9.23 Å². The average molecular weight is 261 g/mol. The van der Waals surface area contributed by atoms with Crippen molar-refractivity contribution in [2.45, 2.75) is 45.6 Å². The van der Waals surface area contributed by atoms with Gasteiger partial charge in [-0.3, -0.25) is 0 Å². The first kappa shape index (κ1) is 10.9. The molecule has 2 aliphatic rings. The molecule has 0 aromatic heterocycles. The third kappa shape index (κ3) is 1.65. The summed E-state index contributed by atoms with van der Waals surface area (Å²) < 4.78 is 5.98. The summed E-state index contributed by atoms with van der Waals surface area (Å²) in [5.41, 5.74) is 0.440. The van der Waals surface area contributed by atoms with Crippen molar-refractivity contribution in [3.05, 3.63) is 0 Å². The molecule has 0 radical (unpaired) electrons. The van der Waals surface area contributed by atoms with E-state index in [2.05, 4.69) is 29.8 Å². The van der Waals surface area contributed by atoms with E-state index in [0.29, 0.717) is 11.5 Å². The zero-order valence-electron chi connectivity index (χ0n) is 9.26. The van der Waals surface area contributed by atoms with Gasteiger partial charge in [-0.2, -0.15) is 0 Å². The maximum atomic E-state index is 5.98. The first-order valence-electron chi connectivity index (χ1n) is 5.92. The molecule has 0 amide bonds. The van der Waals surface area contributed by atoms with Crippen LogP contribution in [0.4, 0.5) is 0 Å². The molecule has 1 aliphatic heterocycles. The fourth-order valence-electron chi connectivity index (χ4n) is 2.90. The molecular formula is C12H21BrO. The maximum absolute atomic E-state index is 5.98. The highest BCUT2D eigenvalue weighted by atomic mass is 79.9. The van der Waals surface area contributed by atoms with Gasteiger partial charge in [0, 0.05) is 17.4 Å². The summed E-state index contributed by atoms with van der Waals surface area (Å²) in [7, 11) is 0. The Morgan fingerprint density at radius 1 is 1.50 bits per heavy atom. The first-order chi connectivity index (χ1) is 6.74. The minimum Gasteiger partial charge on any atom is -0.377 e. The molecule has 0 spiro atoms. The van der Waals surface area contributed by atoms with Crippen LogP contribution >= 0.6 is 15.9 Å². The quantitative estimate of drug-likeness (QED) is 0.702. The van der Waals surface area contributed by atoms with Gasteiger partial charge in [-0.15, -0.1) is 0 Å². The summed E-state index contributed by atoms with van der Waals surface area (Å²) in [5, 5.41) is 1.12. The van der Waals surface area contributed by atoms with E-state index in [9.17, 15) is 0 Å². The molecule has 82 valence electrons. The van der Waals surface area contributed by atoms with E-state index in [0.717, 1.165) is 23.8 Å². The Morgan fingerprint density at radius 2 is 2.21 bits per heavy atom. The van der Waals surface area contributed by atoms with Crippen molar-refractivity contribution in [3.63, 3.8) is 0 Å². The van der Waals surface area contributed by atoms with Gasteiger partial charge in [0.05, 0.1) is 6.10 Å². The molecule has 1 saturated heterocycles. The van der Waals surface area contributed by atoms with E-state index in [4.69, 9.17) is 4.74 Å². The fourth-order valence-corrected chi connectivity index (χ4v) is 4.05. The summed E-state index contributed by atoms with van der Waals surface area (Å²) in [6.07, 6.45) is 5.88. The summed E-state index contributed by atoms with van der Waals surface area (Å²) >= 11 is 3.73. The highest BCUT2D eigenvalue weighted by Crippen LogP contribution is 2.52. The van der Waals surface area contributed by atoms with E-state index in [1.54, 1.807) is 0 Å². The van der Waals surface area contributed by atoms with Gasteiger partial charge in [0.2, 0.25) is 0 Å². The van der Waals surface area contributed by atoms with Gasteiger partial charge in [-0.25, -0.2) is 0 Å². The Bertz CT molecular complexity index is 202. The molecule has 0 aromatic rings. The molecule has 1 nitrogen and oxygen atoms in total.